The van der Waals surface area contributed by atoms with Crippen LogP contribution >= 0.6 is 11.3 Å². The van der Waals surface area contributed by atoms with Gasteiger partial charge < -0.3 is 15.4 Å². The minimum Gasteiger partial charge on any atom is -0.373 e. The van der Waals surface area contributed by atoms with E-state index in [4.69, 9.17) is 4.74 Å². The van der Waals surface area contributed by atoms with Crippen molar-refractivity contribution in [2.24, 2.45) is 10.9 Å². The lowest BCUT2D eigenvalue weighted by Gasteiger charge is -2.22. The Hall–Kier alpha value is -1.85. The van der Waals surface area contributed by atoms with Gasteiger partial charge in [0.1, 0.15) is 0 Å². The third-order valence-corrected chi connectivity index (χ3v) is 5.81. The fourth-order valence-corrected chi connectivity index (χ4v) is 4.48. The Kier molecular flexibility index (Phi) is 6.69. The van der Waals surface area contributed by atoms with Gasteiger partial charge in [-0.3, -0.25) is 4.99 Å². The van der Waals surface area contributed by atoms with Gasteiger partial charge >= 0.3 is 0 Å². The largest absolute Gasteiger partial charge is 0.373 e. The Morgan fingerprint density at radius 1 is 1.27 bits per heavy atom. The van der Waals surface area contributed by atoms with E-state index in [2.05, 4.69) is 65.9 Å². The molecule has 2 N–H and O–H groups in total. The molecule has 0 saturated carbocycles. The molecule has 0 aliphatic carbocycles. The van der Waals surface area contributed by atoms with E-state index in [0.29, 0.717) is 12.0 Å². The molecular weight excluding hydrogens is 342 g/mol. The molecule has 26 heavy (non-hydrogen) atoms. The van der Waals surface area contributed by atoms with Crippen LogP contribution < -0.4 is 10.6 Å². The summed E-state index contributed by atoms with van der Waals surface area (Å²) in [6, 6.07) is 15.3. The highest BCUT2D eigenvalue weighted by atomic mass is 32.1. The average molecular weight is 372 g/mol. The summed E-state index contributed by atoms with van der Waals surface area (Å²) in [5.74, 6) is 1.33. The summed E-state index contributed by atoms with van der Waals surface area (Å²) in [5.41, 5.74) is 1.26. The molecule has 1 aromatic carbocycles. The van der Waals surface area contributed by atoms with Crippen molar-refractivity contribution in [2.75, 3.05) is 20.2 Å². The highest BCUT2D eigenvalue weighted by Gasteiger charge is 2.29. The van der Waals surface area contributed by atoms with Crippen LogP contribution in [0.3, 0.4) is 0 Å². The van der Waals surface area contributed by atoms with E-state index in [1.807, 2.05) is 24.5 Å². The number of aryl methyl sites for hydroxylation is 1. The Morgan fingerprint density at radius 2 is 2.08 bits per heavy atom. The second-order valence-electron chi connectivity index (χ2n) is 6.97. The molecule has 0 spiro atoms. The van der Waals surface area contributed by atoms with Gasteiger partial charge in [-0.2, -0.15) is 0 Å². The lowest BCUT2D eigenvalue weighted by molar-refractivity contribution is 0.0915. The lowest BCUT2D eigenvalue weighted by Crippen LogP contribution is -2.44. The molecule has 4 nitrogen and oxygen atoms in total. The minimum absolute atomic E-state index is 0.174. The van der Waals surface area contributed by atoms with Crippen molar-refractivity contribution in [3.05, 3.63) is 57.8 Å². The van der Waals surface area contributed by atoms with E-state index in [1.165, 1.54) is 15.3 Å². The Bertz CT molecular complexity index is 713. The lowest BCUT2D eigenvalue weighted by atomic mass is 9.95. The summed E-state index contributed by atoms with van der Waals surface area (Å²) in [6.07, 6.45) is 2.26. The van der Waals surface area contributed by atoms with Crippen LogP contribution in [0.2, 0.25) is 0 Å². The number of rotatable bonds is 6. The van der Waals surface area contributed by atoms with Crippen molar-refractivity contribution in [3.63, 3.8) is 0 Å². The van der Waals surface area contributed by atoms with Gasteiger partial charge in [-0.1, -0.05) is 30.3 Å². The first-order valence-electron chi connectivity index (χ1n) is 9.34. The predicted molar refractivity (Wildman–Crippen MR) is 110 cm³/mol. The minimum atomic E-state index is 0.174. The van der Waals surface area contributed by atoms with Crippen molar-refractivity contribution in [2.45, 2.75) is 38.8 Å². The molecule has 140 valence electrons. The summed E-state index contributed by atoms with van der Waals surface area (Å²) < 4.78 is 5.98. The van der Waals surface area contributed by atoms with Crippen LogP contribution in [0.15, 0.2) is 47.5 Å². The van der Waals surface area contributed by atoms with E-state index in [0.717, 1.165) is 32.0 Å². The zero-order chi connectivity index (χ0) is 18.4. The van der Waals surface area contributed by atoms with Gasteiger partial charge in [0.2, 0.25) is 0 Å². The molecule has 0 amide bonds. The molecule has 2 aromatic rings. The second-order valence-corrected chi connectivity index (χ2v) is 8.34. The maximum Gasteiger partial charge on any atom is 0.191 e. The smallest absolute Gasteiger partial charge is 0.191 e. The summed E-state index contributed by atoms with van der Waals surface area (Å²) in [7, 11) is 1.83. The van der Waals surface area contributed by atoms with Gasteiger partial charge in [-0.25, -0.2) is 0 Å². The quantitative estimate of drug-likeness (QED) is 0.597. The fraction of sp³-hybridized carbons (Fsp3) is 0.476. The van der Waals surface area contributed by atoms with Crippen LogP contribution in [0.1, 0.15) is 34.8 Å². The highest BCUT2D eigenvalue weighted by molar-refractivity contribution is 7.11. The third kappa shape index (κ3) is 5.08. The summed E-state index contributed by atoms with van der Waals surface area (Å²) in [6.45, 7) is 6.04. The number of benzene rings is 1. The SMILES string of the molecule is CN=C(NCC1CCOC1c1ccccc1)NC(C)Cc1ccc(C)s1. The number of nitrogens with zero attached hydrogens (tertiary/aromatic N) is 1. The van der Waals surface area contributed by atoms with Crippen molar-refractivity contribution < 1.29 is 4.74 Å². The third-order valence-electron chi connectivity index (χ3n) is 4.78. The standard InChI is InChI=1S/C21H29N3OS/c1-15(13-19-10-9-16(2)26-19)24-21(22-3)23-14-18-11-12-25-20(18)17-7-5-4-6-8-17/h4-10,15,18,20H,11-14H2,1-3H3,(H2,22,23,24). The second kappa shape index (κ2) is 9.19. The molecule has 0 radical (unpaired) electrons. The zero-order valence-corrected chi connectivity index (χ0v) is 16.7. The molecule has 0 bridgehead atoms. The van der Waals surface area contributed by atoms with Crippen molar-refractivity contribution >= 4 is 17.3 Å². The number of guanidine groups is 1. The molecule has 3 rings (SSSR count). The first kappa shape index (κ1) is 18.9. The fourth-order valence-electron chi connectivity index (χ4n) is 3.46. The topological polar surface area (TPSA) is 45.7 Å². The van der Waals surface area contributed by atoms with Gasteiger partial charge in [0.15, 0.2) is 5.96 Å². The molecule has 1 aliphatic rings. The zero-order valence-electron chi connectivity index (χ0n) is 15.9. The maximum atomic E-state index is 5.98. The molecular formula is C21H29N3OS. The number of hydrogen-bond donors (Lipinski definition) is 2. The van der Waals surface area contributed by atoms with Gasteiger partial charge in [0.25, 0.3) is 0 Å². The number of thiophene rings is 1. The van der Waals surface area contributed by atoms with Gasteiger partial charge in [-0.15, -0.1) is 11.3 Å². The van der Waals surface area contributed by atoms with Crippen molar-refractivity contribution in [1.29, 1.82) is 0 Å². The Labute approximate surface area is 160 Å². The summed E-state index contributed by atoms with van der Waals surface area (Å²) in [4.78, 5) is 7.16. The number of aliphatic imine (C=N–C) groups is 1. The first-order valence-corrected chi connectivity index (χ1v) is 10.2. The monoisotopic (exact) mass is 371 g/mol. The van der Waals surface area contributed by atoms with Crippen molar-refractivity contribution in [3.8, 4) is 0 Å². The predicted octanol–water partition coefficient (Wildman–Crippen LogP) is 3.93. The number of nitrogens with one attached hydrogen (secondary N) is 2. The molecule has 1 aromatic heterocycles. The normalized spacial score (nSPS) is 21.6. The van der Waals surface area contributed by atoms with Crippen LogP contribution in [0.4, 0.5) is 0 Å². The van der Waals surface area contributed by atoms with Crippen LogP contribution in [-0.4, -0.2) is 32.2 Å². The molecule has 2 heterocycles. The van der Waals surface area contributed by atoms with Crippen LogP contribution in [0.5, 0.6) is 0 Å². The average Bonchev–Trinajstić information content (AvgIpc) is 3.28. The van der Waals surface area contributed by atoms with Crippen LogP contribution in [0, 0.1) is 12.8 Å². The Balaban J connectivity index is 1.50. The Morgan fingerprint density at radius 3 is 2.77 bits per heavy atom. The highest BCUT2D eigenvalue weighted by Crippen LogP contribution is 2.33. The van der Waals surface area contributed by atoms with E-state index in [-0.39, 0.29) is 6.10 Å². The van der Waals surface area contributed by atoms with Crippen molar-refractivity contribution in [1.82, 2.24) is 10.6 Å². The maximum absolute atomic E-state index is 5.98. The van der Waals surface area contributed by atoms with Gasteiger partial charge in [-0.05, 0) is 38.0 Å². The van der Waals surface area contributed by atoms with Crippen LogP contribution in [-0.2, 0) is 11.2 Å². The number of hydrogen-bond acceptors (Lipinski definition) is 3. The van der Waals surface area contributed by atoms with Crippen LogP contribution in [0.25, 0.3) is 0 Å². The molecule has 3 atom stereocenters. The number of ether oxygens (including phenoxy) is 1. The van der Waals surface area contributed by atoms with E-state index in [1.54, 1.807) is 0 Å². The first-order chi connectivity index (χ1) is 12.7. The molecule has 1 fully saturated rings. The molecule has 1 aliphatic heterocycles. The van der Waals surface area contributed by atoms with Gasteiger partial charge in [0, 0.05) is 48.3 Å². The van der Waals surface area contributed by atoms with Gasteiger partial charge in [0.05, 0.1) is 6.10 Å². The molecule has 3 unspecified atom stereocenters. The van der Waals surface area contributed by atoms with E-state index >= 15 is 0 Å². The summed E-state index contributed by atoms with van der Waals surface area (Å²) in [5, 5.41) is 7.00. The molecule has 1 saturated heterocycles. The molecule has 5 heteroatoms. The summed E-state index contributed by atoms with van der Waals surface area (Å²) >= 11 is 1.87. The van der Waals surface area contributed by atoms with E-state index in [9.17, 15) is 0 Å². The van der Waals surface area contributed by atoms with E-state index < -0.39 is 0 Å².